The highest BCUT2D eigenvalue weighted by atomic mass is 19.4. The largest absolute Gasteiger partial charge is 0.432 e. The fourth-order valence-corrected chi connectivity index (χ4v) is 2.67. The molecule has 0 aliphatic carbocycles. The van der Waals surface area contributed by atoms with Crippen LogP contribution in [0, 0.1) is 0 Å². The van der Waals surface area contributed by atoms with Crippen LogP contribution in [0.25, 0.3) is 0 Å². The normalized spacial score (nSPS) is 24.0. The van der Waals surface area contributed by atoms with Crippen molar-refractivity contribution in [1.82, 2.24) is 20.0 Å². The second kappa shape index (κ2) is 5.30. The number of morpholine rings is 1. The Hall–Kier alpha value is -1.61. The number of nitrogens with zero attached hydrogens (tertiary/aromatic N) is 3. The molecule has 0 aromatic carbocycles. The van der Waals surface area contributed by atoms with Gasteiger partial charge in [-0.2, -0.15) is 18.3 Å². The van der Waals surface area contributed by atoms with E-state index in [1.165, 1.54) is 4.90 Å². The third-order valence-corrected chi connectivity index (χ3v) is 3.83. The van der Waals surface area contributed by atoms with Gasteiger partial charge in [-0.25, -0.2) is 0 Å². The molecule has 3 heterocycles. The summed E-state index contributed by atoms with van der Waals surface area (Å²) in [4.78, 5) is 16.0. The Kier molecular flexibility index (Phi) is 3.62. The van der Waals surface area contributed by atoms with Crippen LogP contribution in [0.5, 0.6) is 0 Å². The maximum Gasteiger partial charge on any atom is 0.432 e. The van der Waals surface area contributed by atoms with Crippen molar-refractivity contribution in [3.05, 3.63) is 17.5 Å². The van der Waals surface area contributed by atoms with Crippen molar-refractivity contribution in [3.63, 3.8) is 0 Å². The number of H-pyrrole nitrogens is 1. The number of halogens is 3. The first-order valence-corrected chi connectivity index (χ1v) is 6.69. The van der Waals surface area contributed by atoms with Crippen molar-refractivity contribution in [2.24, 2.45) is 0 Å². The average Bonchev–Trinajstić information content (AvgIpc) is 2.96. The van der Waals surface area contributed by atoms with Gasteiger partial charge < -0.3 is 9.64 Å². The van der Waals surface area contributed by atoms with Crippen LogP contribution in [-0.2, 0) is 10.9 Å². The number of nitrogens with one attached hydrogen (secondary N) is 1. The van der Waals surface area contributed by atoms with Gasteiger partial charge in [-0.1, -0.05) is 0 Å². The number of aromatic amines is 1. The standard InChI is InChI=1S/C12H15F3N4O2/c13-12(14,15)10-5-9(16-17-10)11(20)19-2-1-18-3-4-21-7-8(18)6-19/h5,8H,1-4,6-7H2,(H,16,17). The molecule has 0 spiro atoms. The predicted molar refractivity (Wildman–Crippen MR) is 65.7 cm³/mol. The van der Waals surface area contributed by atoms with E-state index in [4.69, 9.17) is 4.74 Å². The molecule has 2 aliphatic heterocycles. The van der Waals surface area contributed by atoms with E-state index >= 15 is 0 Å². The van der Waals surface area contributed by atoms with E-state index in [1.54, 1.807) is 0 Å². The monoisotopic (exact) mass is 304 g/mol. The summed E-state index contributed by atoms with van der Waals surface area (Å²) >= 11 is 0. The molecule has 9 heteroatoms. The number of carbonyl (C=O) groups excluding carboxylic acids is 1. The van der Waals surface area contributed by atoms with E-state index < -0.39 is 17.8 Å². The molecule has 21 heavy (non-hydrogen) atoms. The molecule has 0 saturated carbocycles. The van der Waals surface area contributed by atoms with Gasteiger partial charge in [0.2, 0.25) is 0 Å². The lowest BCUT2D eigenvalue weighted by Crippen LogP contribution is -2.59. The Morgan fingerprint density at radius 1 is 1.38 bits per heavy atom. The number of fused-ring (bicyclic) bond motifs is 1. The van der Waals surface area contributed by atoms with Crippen LogP contribution in [-0.4, -0.2) is 71.3 Å². The lowest BCUT2D eigenvalue weighted by Gasteiger charge is -2.43. The van der Waals surface area contributed by atoms with Crippen LogP contribution in [0.15, 0.2) is 6.07 Å². The molecule has 1 N–H and O–H groups in total. The summed E-state index contributed by atoms with van der Waals surface area (Å²) in [6.45, 7) is 3.69. The number of amides is 1. The maximum absolute atomic E-state index is 12.5. The third-order valence-electron chi connectivity index (χ3n) is 3.83. The highest BCUT2D eigenvalue weighted by molar-refractivity contribution is 5.92. The molecule has 1 atom stereocenters. The second-order valence-electron chi connectivity index (χ2n) is 5.18. The molecule has 1 aromatic rings. The fraction of sp³-hybridized carbons (Fsp3) is 0.667. The van der Waals surface area contributed by atoms with E-state index in [1.807, 2.05) is 5.10 Å². The number of ether oxygens (including phenoxy) is 1. The van der Waals surface area contributed by atoms with Gasteiger partial charge in [0, 0.05) is 32.2 Å². The van der Waals surface area contributed by atoms with Gasteiger partial charge in [-0.05, 0) is 0 Å². The topological polar surface area (TPSA) is 61.5 Å². The Morgan fingerprint density at radius 3 is 2.90 bits per heavy atom. The molecule has 116 valence electrons. The molecule has 2 saturated heterocycles. The number of rotatable bonds is 1. The minimum Gasteiger partial charge on any atom is -0.378 e. The average molecular weight is 304 g/mol. The Labute approximate surface area is 118 Å². The first-order valence-electron chi connectivity index (χ1n) is 6.69. The summed E-state index contributed by atoms with van der Waals surface area (Å²) in [5.41, 5.74) is -1.21. The van der Waals surface area contributed by atoms with Crippen LogP contribution in [0.1, 0.15) is 16.2 Å². The van der Waals surface area contributed by atoms with Crippen molar-refractivity contribution in [1.29, 1.82) is 0 Å². The minimum absolute atomic E-state index is 0.109. The summed E-state index contributed by atoms with van der Waals surface area (Å²) in [7, 11) is 0. The van der Waals surface area contributed by atoms with Crippen LogP contribution < -0.4 is 0 Å². The molecule has 1 amide bonds. The van der Waals surface area contributed by atoms with E-state index in [0.29, 0.717) is 32.8 Å². The maximum atomic E-state index is 12.5. The first-order chi connectivity index (χ1) is 9.95. The van der Waals surface area contributed by atoms with Gasteiger partial charge in [0.1, 0.15) is 5.69 Å². The lowest BCUT2D eigenvalue weighted by molar-refractivity contribution is -0.141. The van der Waals surface area contributed by atoms with Gasteiger partial charge in [-0.15, -0.1) is 0 Å². The summed E-state index contributed by atoms with van der Waals surface area (Å²) in [5.74, 6) is -0.480. The zero-order chi connectivity index (χ0) is 15.0. The number of alkyl halides is 3. The highest BCUT2D eigenvalue weighted by Gasteiger charge is 2.36. The van der Waals surface area contributed by atoms with Gasteiger partial charge in [-0.3, -0.25) is 14.8 Å². The van der Waals surface area contributed by atoms with E-state index in [0.717, 1.165) is 12.6 Å². The molecular formula is C12H15F3N4O2. The Bertz CT molecular complexity index is 531. The highest BCUT2D eigenvalue weighted by Crippen LogP contribution is 2.28. The van der Waals surface area contributed by atoms with E-state index in [2.05, 4.69) is 10.00 Å². The Morgan fingerprint density at radius 2 is 2.19 bits per heavy atom. The van der Waals surface area contributed by atoms with Crippen LogP contribution in [0.4, 0.5) is 13.2 Å². The van der Waals surface area contributed by atoms with Gasteiger partial charge in [0.25, 0.3) is 5.91 Å². The van der Waals surface area contributed by atoms with Crippen LogP contribution in [0.3, 0.4) is 0 Å². The summed E-state index contributed by atoms with van der Waals surface area (Å²) in [5, 5.41) is 5.35. The van der Waals surface area contributed by atoms with Gasteiger partial charge >= 0.3 is 6.18 Å². The minimum atomic E-state index is -4.53. The molecule has 3 rings (SSSR count). The lowest BCUT2D eigenvalue weighted by atomic mass is 10.1. The number of hydrogen-bond acceptors (Lipinski definition) is 4. The molecule has 6 nitrogen and oxygen atoms in total. The molecule has 0 bridgehead atoms. The van der Waals surface area contributed by atoms with Crippen LogP contribution in [0.2, 0.25) is 0 Å². The zero-order valence-electron chi connectivity index (χ0n) is 11.2. The summed E-state index contributed by atoms with van der Waals surface area (Å²) < 4.78 is 42.9. The van der Waals surface area contributed by atoms with Crippen LogP contribution >= 0.6 is 0 Å². The molecule has 2 aliphatic rings. The molecule has 0 radical (unpaired) electrons. The second-order valence-corrected chi connectivity index (χ2v) is 5.18. The molecule has 1 aromatic heterocycles. The van der Waals surface area contributed by atoms with Crippen molar-refractivity contribution in [2.75, 3.05) is 39.4 Å². The molecular weight excluding hydrogens is 289 g/mol. The predicted octanol–water partition coefficient (Wildman–Crippen LogP) is 0.585. The number of hydrogen-bond donors (Lipinski definition) is 1. The number of aromatic nitrogens is 2. The smallest absolute Gasteiger partial charge is 0.378 e. The first kappa shape index (κ1) is 14.3. The van der Waals surface area contributed by atoms with Crippen molar-refractivity contribution >= 4 is 5.91 Å². The van der Waals surface area contributed by atoms with Crippen molar-refractivity contribution in [2.45, 2.75) is 12.2 Å². The Balaban J connectivity index is 1.69. The van der Waals surface area contributed by atoms with Gasteiger partial charge in [0.05, 0.1) is 19.3 Å². The number of carbonyl (C=O) groups is 1. The molecule has 1 unspecified atom stereocenters. The van der Waals surface area contributed by atoms with Crippen molar-refractivity contribution < 1.29 is 22.7 Å². The number of piperazine rings is 1. The SMILES string of the molecule is O=C(c1cc(C(F)(F)F)[nH]n1)N1CCN2CCOCC2C1. The van der Waals surface area contributed by atoms with E-state index in [9.17, 15) is 18.0 Å². The third kappa shape index (κ3) is 2.88. The fourth-order valence-electron chi connectivity index (χ4n) is 2.67. The molecule has 2 fully saturated rings. The van der Waals surface area contributed by atoms with E-state index in [-0.39, 0.29) is 11.7 Å². The van der Waals surface area contributed by atoms with Crippen molar-refractivity contribution in [3.8, 4) is 0 Å². The zero-order valence-corrected chi connectivity index (χ0v) is 11.2. The summed E-state index contributed by atoms with van der Waals surface area (Å²) in [6.07, 6.45) is -4.53. The van der Waals surface area contributed by atoms with Gasteiger partial charge in [0.15, 0.2) is 5.69 Å². The summed E-state index contributed by atoms with van der Waals surface area (Å²) in [6, 6.07) is 0.865. The quantitative estimate of drug-likeness (QED) is 0.825.